The second-order valence-electron chi connectivity index (χ2n) is 5.19. The maximum absolute atomic E-state index is 6.44. The van der Waals surface area contributed by atoms with Crippen molar-refractivity contribution in [3.63, 3.8) is 0 Å². The minimum Gasteiger partial charge on any atom is -0.313 e. The highest BCUT2D eigenvalue weighted by Crippen LogP contribution is 2.29. The quantitative estimate of drug-likeness (QED) is 0.736. The third kappa shape index (κ3) is 3.43. The monoisotopic (exact) mass is 417 g/mol. The van der Waals surface area contributed by atoms with E-state index in [4.69, 9.17) is 11.6 Å². The second kappa shape index (κ2) is 7.11. The number of benzene rings is 1. The molecule has 1 unspecified atom stereocenters. The molecule has 1 atom stereocenters. The molecule has 114 valence electrons. The van der Waals surface area contributed by atoms with Gasteiger partial charge in [-0.15, -0.1) is 0 Å². The average Bonchev–Trinajstić information content (AvgIpc) is 2.75. The van der Waals surface area contributed by atoms with E-state index >= 15 is 0 Å². The van der Waals surface area contributed by atoms with E-state index in [1.54, 1.807) is 0 Å². The Kier molecular flexibility index (Phi) is 5.68. The summed E-state index contributed by atoms with van der Waals surface area (Å²) in [4.78, 5) is 0. The van der Waals surface area contributed by atoms with Crippen LogP contribution in [0.5, 0.6) is 0 Å². The van der Waals surface area contributed by atoms with Gasteiger partial charge in [-0.3, -0.25) is 4.68 Å². The fourth-order valence-electron chi connectivity index (χ4n) is 2.56. The van der Waals surface area contributed by atoms with E-state index in [-0.39, 0.29) is 6.04 Å². The zero-order valence-electron chi connectivity index (χ0n) is 12.9. The summed E-state index contributed by atoms with van der Waals surface area (Å²) < 4.78 is 3.31. The Labute approximate surface area is 145 Å². The molecular weight excluding hydrogens is 397 g/mol. The van der Waals surface area contributed by atoms with Crippen molar-refractivity contribution in [3.05, 3.63) is 49.3 Å². The van der Waals surface area contributed by atoms with E-state index in [9.17, 15) is 0 Å². The van der Waals surface area contributed by atoms with Crippen LogP contribution >= 0.6 is 34.2 Å². The fourth-order valence-corrected chi connectivity index (χ4v) is 3.51. The van der Waals surface area contributed by atoms with Gasteiger partial charge in [0.2, 0.25) is 0 Å². The Balaban J connectivity index is 2.38. The van der Waals surface area contributed by atoms with Crippen LogP contribution in [-0.4, -0.2) is 16.8 Å². The van der Waals surface area contributed by atoms with E-state index < -0.39 is 0 Å². The van der Waals surface area contributed by atoms with Gasteiger partial charge < -0.3 is 5.32 Å². The van der Waals surface area contributed by atoms with Gasteiger partial charge in [-0.1, -0.05) is 29.8 Å². The zero-order chi connectivity index (χ0) is 15.6. The van der Waals surface area contributed by atoms with Crippen molar-refractivity contribution in [3.8, 4) is 0 Å². The topological polar surface area (TPSA) is 29.9 Å². The number of aryl methyl sites for hydroxylation is 3. The van der Waals surface area contributed by atoms with Crippen LogP contribution in [0.15, 0.2) is 18.2 Å². The maximum Gasteiger partial charge on any atom is 0.0847 e. The predicted octanol–water partition coefficient (Wildman–Crippen LogP) is 4.28. The van der Waals surface area contributed by atoms with Gasteiger partial charge in [0.25, 0.3) is 0 Å². The van der Waals surface area contributed by atoms with Gasteiger partial charge >= 0.3 is 0 Å². The fraction of sp³-hybridized carbons (Fsp3) is 0.438. The lowest BCUT2D eigenvalue weighted by Crippen LogP contribution is -2.22. The lowest BCUT2D eigenvalue weighted by atomic mass is 10.00. The molecule has 1 heterocycles. The van der Waals surface area contributed by atoms with Crippen LogP contribution in [0.1, 0.15) is 35.5 Å². The van der Waals surface area contributed by atoms with Gasteiger partial charge in [0.1, 0.15) is 0 Å². The molecule has 0 saturated carbocycles. The first kappa shape index (κ1) is 16.8. The summed E-state index contributed by atoms with van der Waals surface area (Å²) in [5.74, 6) is 0. The van der Waals surface area contributed by atoms with Crippen molar-refractivity contribution in [1.29, 1.82) is 0 Å². The first-order valence-electron chi connectivity index (χ1n) is 7.13. The molecule has 0 radical (unpaired) electrons. The molecule has 1 N–H and O–H groups in total. The van der Waals surface area contributed by atoms with E-state index in [1.807, 2.05) is 18.7 Å². The van der Waals surface area contributed by atoms with Gasteiger partial charge in [-0.25, -0.2) is 0 Å². The van der Waals surface area contributed by atoms with E-state index in [0.717, 1.165) is 29.4 Å². The molecule has 0 spiro atoms. The van der Waals surface area contributed by atoms with Crippen molar-refractivity contribution in [1.82, 2.24) is 15.1 Å². The van der Waals surface area contributed by atoms with Crippen LogP contribution in [0.2, 0.25) is 5.02 Å². The second-order valence-corrected chi connectivity index (χ2v) is 6.64. The van der Waals surface area contributed by atoms with E-state index in [1.165, 1.54) is 14.7 Å². The molecule has 0 aliphatic rings. The molecule has 0 aliphatic carbocycles. The van der Waals surface area contributed by atoms with Crippen LogP contribution in [0.25, 0.3) is 0 Å². The minimum absolute atomic E-state index is 0.232. The van der Waals surface area contributed by atoms with Gasteiger partial charge in [0.15, 0.2) is 0 Å². The van der Waals surface area contributed by atoms with Crippen LogP contribution < -0.4 is 5.32 Å². The molecule has 5 heteroatoms. The first-order valence-corrected chi connectivity index (χ1v) is 8.59. The van der Waals surface area contributed by atoms with Gasteiger partial charge in [0, 0.05) is 22.6 Å². The largest absolute Gasteiger partial charge is 0.313 e. The zero-order valence-corrected chi connectivity index (χ0v) is 15.8. The van der Waals surface area contributed by atoms with E-state index in [0.29, 0.717) is 0 Å². The van der Waals surface area contributed by atoms with Crippen LogP contribution in [0.3, 0.4) is 0 Å². The molecule has 1 aromatic carbocycles. The van der Waals surface area contributed by atoms with Crippen molar-refractivity contribution in [2.24, 2.45) is 0 Å². The van der Waals surface area contributed by atoms with Crippen molar-refractivity contribution in [2.75, 3.05) is 7.05 Å². The standard InChI is InChI=1S/C16H21ClIN3/c1-5-21-14(15(17)11(3)20-21)9-13(19-4)12-8-6-7-10(2)16(12)18/h6-8,13,19H,5,9H2,1-4H3. The predicted molar refractivity (Wildman–Crippen MR) is 97.0 cm³/mol. The Morgan fingerprint density at radius 1 is 1.38 bits per heavy atom. The van der Waals surface area contributed by atoms with Gasteiger partial charge in [0.05, 0.1) is 16.4 Å². The van der Waals surface area contributed by atoms with Crippen LogP contribution in [0, 0.1) is 17.4 Å². The number of nitrogens with zero attached hydrogens (tertiary/aromatic N) is 2. The normalized spacial score (nSPS) is 12.7. The summed E-state index contributed by atoms with van der Waals surface area (Å²) >= 11 is 8.86. The summed E-state index contributed by atoms with van der Waals surface area (Å²) in [5.41, 5.74) is 4.63. The lowest BCUT2D eigenvalue weighted by molar-refractivity contribution is 0.539. The summed E-state index contributed by atoms with van der Waals surface area (Å²) in [6, 6.07) is 6.67. The van der Waals surface area contributed by atoms with Crippen molar-refractivity contribution < 1.29 is 0 Å². The maximum atomic E-state index is 6.44. The third-order valence-electron chi connectivity index (χ3n) is 3.80. The van der Waals surface area contributed by atoms with Crippen LogP contribution in [-0.2, 0) is 13.0 Å². The molecule has 21 heavy (non-hydrogen) atoms. The highest BCUT2D eigenvalue weighted by atomic mass is 127. The van der Waals surface area contributed by atoms with Crippen LogP contribution in [0.4, 0.5) is 0 Å². The summed E-state index contributed by atoms with van der Waals surface area (Å²) in [6.45, 7) is 7.04. The van der Waals surface area contributed by atoms with Gasteiger partial charge in [-0.05, 0) is 61.5 Å². The summed E-state index contributed by atoms with van der Waals surface area (Å²) in [7, 11) is 2.00. The smallest absolute Gasteiger partial charge is 0.0847 e. The van der Waals surface area contributed by atoms with Crippen molar-refractivity contribution >= 4 is 34.2 Å². The van der Waals surface area contributed by atoms with E-state index in [2.05, 4.69) is 65.1 Å². The highest BCUT2D eigenvalue weighted by Gasteiger charge is 2.20. The molecule has 0 saturated heterocycles. The first-order chi connectivity index (χ1) is 9.99. The number of nitrogens with one attached hydrogen (secondary N) is 1. The molecule has 0 aliphatic heterocycles. The molecule has 1 aromatic heterocycles. The molecular formula is C16H21ClIN3. The average molecular weight is 418 g/mol. The Hall–Kier alpha value is -0.590. The lowest BCUT2D eigenvalue weighted by Gasteiger charge is -2.20. The number of halogens is 2. The van der Waals surface area contributed by atoms with Crippen molar-refractivity contribution in [2.45, 2.75) is 39.8 Å². The SMILES string of the molecule is CCn1nc(C)c(Cl)c1CC(NC)c1cccc(C)c1I. The summed E-state index contributed by atoms with van der Waals surface area (Å²) in [5, 5.41) is 8.71. The minimum atomic E-state index is 0.232. The Bertz CT molecular complexity index is 637. The Morgan fingerprint density at radius 3 is 2.71 bits per heavy atom. The number of hydrogen-bond donors (Lipinski definition) is 1. The number of likely N-dealkylation sites (N-methyl/N-ethyl adjacent to an activating group) is 1. The number of hydrogen-bond acceptors (Lipinski definition) is 2. The number of rotatable bonds is 5. The molecule has 0 fully saturated rings. The highest BCUT2D eigenvalue weighted by molar-refractivity contribution is 14.1. The molecule has 3 nitrogen and oxygen atoms in total. The molecule has 0 amide bonds. The van der Waals surface area contributed by atoms with Gasteiger partial charge in [-0.2, -0.15) is 5.10 Å². The molecule has 2 rings (SSSR count). The third-order valence-corrected chi connectivity index (χ3v) is 5.76. The molecule has 0 bridgehead atoms. The Morgan fingerprint density at radius 2 is 2.10 bits per heavy atom. The summed E-state index contributed by atoms with van der Waals surface area (Å²) in [6.07, 6.45) is 0.837. The molecule has 2 aromatic rings. The number of aromatic nitrogens is 2.